The number of aliphatic hydroxyl groups is 1. The van der Waals surface area contributed by atoms with Gasteiger partial charge in [-0.25, -0.2) is 8.78 Å². The van der Waals surface area contributed by atoms with Crippen molar-refractivity contribution in [3.8, 4) is 0 Å². The van der Waals surface area contributed by atoms with Crippen molar-refractivity contribution >= 4 is 21.6 Å². The van der Waals surface area contributed by atoms with Gasteiger partial charge in [-0.2, -0.15) is 0 Å². The van der Waals surface area contributed by atoms with Gasteiger partial charge < -0.3 is 10.4 Å². The monoisotopic (exact) mass is 307 g/mol. The van der Waals surface area contributed by atoms with Crippen LogP contribution in [0, 0.1) is 11.6 Å². The van der Waals surface area contributed by atoms with Gasteiger partial charge in [-0.15, -0.1) is 0 Å². The molecule has 1 aromatic rings. The maximum atomic E-state index is 13.4. The van der Waals surface area contributed by atoms with E-state index < -0.39 is 11.6 Å². The van der Waals surface area contributed by atoms with Crippen LogP contribution < -0.4 is 5.32 Å². The zero-order chi connectivity index (χ0) is 12.7. The van der Waals surface area contributed by atoms with Crippen LogP contribution >= 0.6 is 15.9 Å². The van der Waals surface area contributed by atoms with Crippen molar-refractivity contribution in [2.45, 2.75) is 25.7 Å². The lowest BCUT2D eigenvalue weighted by Crippen LogP contribution is -2.04. The largest absolute Gasteiger partial charge is 0.396 e. The van der Waals surface area contributed by atoms with Crippen LogP contribution in [0.4, 0.5) is 14.5 Å². The predicted octanol–water partition coefficient (Wildman–Crippen LogP) is 3.69. The van der Waals surface area contributed by atoms with E-state index in [0.717, 1.165) is 37.8 Å². The molecule has 0 atom stereocenters. The summed E-state index contributed by atoms with van der Waals surface area (Å²) in [5, 5.41) is 11.4. The van der Waals surface area contributed by atoms with Gasteiger partial charge in [0.25, 0.3) is 0 Å². The number of anilines is 1. The van der Waals surface area contributed by atoms with Crippen LogP contribution in [0.3, 0.4) is 0 Å². The molecule has 1 aromatic carbocycles. The first kappa shape index (κ1) is 14.4. The van der Waals surface area contributed by atoms with Crippen LogP contribution in [0.1, 0.15) is 25.7 Å². The maximum Gasteiger partial charge on any atom is 0.147 e. The second kappa shape index (κ2) is 7.61. The molecule has 0 aliphatic rings. The van der Waals surface area contributed by atoms with E-state index in [1.807, 2.05) is 0 Å². The second-order valence-electron chi connectivity index (χ2n) is 3.81. The van der Waals surface area contributed by atoms with Gasteiger partial charge in [-0.1, -0.05) is 12.8 Å². The van der Waals surface area contributed by atoms with Crippen molar-refractivity contribution in [3.05, 3.63) is 28.2 Å². The Bertz CT molecular complexity index is 361. The summed E-state index contributed by atoms with van der Waals surface area (Å²) in [6.07, 6.45) is 3.59. The fourth-order valence-corrected chi connectivity index (χ4v) is 1.79. The summed E-state index contributed by atoms with van der Waals surface area (Å²) in [6.45, 7) is 0.809. The van der Waals surface area contributed by atoms with E-state index in [1.54, 1.807) is 0 Å². The summed E-state index contributed by atoms with van der Waals surface area (Å²) in [7, 11) is 0. The molecular weight excluding hydrogens is 292 g/mol. The van der Waals surface area contributed by atoms with Crippen LogP contribution in [0.15, 0.2) is 16.6 Å². The number of rotatable bonds is 7. The van der Waals surface area contributed by atoms with Gasteiger partial charge in [-0.05, 0) is 34.8 Å². The summed E-state index contributed by atoms with van der Waals surface area (Å²) in [5.41, 5.74) is 0.188. The Morgan fingerprint density at radius 3 is 2.47 bits per heavy atom. The molecule has 0 heterocycles. The number of hydrogen-bond acceptors (Lipinski definition) is 2. The third kappa shape index (κ3) is 5.00. The fourth-order valence-electron chi connectivity index (χ4n) is 1.47. The molecule has 96 valence electrons. The van der Waals surface area contributed by atoms with Gasteiger partial charge >= 0.3 is 0 Å². The zero-order valence-corrected chi connectivity index (χ0v) is 11.1. The quantitative estimate of drug-likeness (QED) is 0.595. The molecule has 0 unspecified atom stereocenters. The Hall–Kier alpha value is -0.680. The molecule has 17 heavy (non-hydrogen) atoms. The smallest absolute Gasteiger partial charge is 0.147 e. The van der Waals surface area contributed by atoms with Crippen molar-refractivity contribution in [2.24, 2.45) is 0 Å². The minimum atomic E-state index is -0.478. The van der Waals surface area contributed by atoms with Gasteiger partial charge in [0.1, 0.15) is 11.6 Å². The molecule has 0 fully saturated rings. The highest BCUT2D eigenvalue weighted by atomic mass is 79.9. The maximum absolute atomic E-state index is 13.4. The summed E-state index contributed by atoms with van der Waals surface area (Å²) in [5.74, 6) is -0.942. The molecule has 2 N–H and O–H groups in total. The van der Waals surface area contributed by atoms with Gasteiger partial charge in [0.2, 0.25) is 0 Å². The summed E-state index contributed by atoms with van der Waals surface area (Å²) in [6, 6.07) is 2.26. The minimum absolute atomic E-state index is 0.128. The zero-order valence-electron chi connectivity index (χ0n) is 9.48. The van der Waals surface area contributed by atoms with E-state index in [-0.39, 0.29) is 16.8 Å². The predicted molar refractivity (Wildman–Crippen MR) is 68.1 cm³/mol. The number of benzene rings is 1. The molecular formula is C12H16BrF2NO. The van der Waals surface area contributed by atoms with E-state index in [2.05, 4.69) is 21.2 Å². The van der Waals surface area contributed by atoms with Gasteiger partial charge in [0, 0.05) is 19.2 Å². The highest BCUT2D eigenvalue weighted by Gasteiger charge is 2.07. The lowest BCUT2D eigenvalue weighted by atomic mass is 10.2. The van der Waals surface area contributed by atoms with E-state index in [4.69, 9.17) is 5.11 Å². The molecule has 0 amide bonds. The lowest BCUT2D eigenvalue weighted by Gasteiger charge is -2.08. The fraction of sp³-hybridized carbons (Fsp3) is 0.500. The third-order valence-corrected chi connectivity index (χ3v) is 3.02. The van der Waals surface area contributed by atoms with Gasteiger partial charge in [0.15, 0.2) is 0 Å². The van der Waals surface area contributed by atoms with Crippen LogP contribution in [0.5, 0.6) is 0 Å². The Labute approximate surface area is 108 Å². The van der Waals surface area contributed by atoms with Gasteiger partial charge in [-0.3, -0.25) is 0 Å². The van der Waals surface area contributed by atoms with Gasteiger partial charge in [0.05, 0.1) is 10.2 Å². The Kier molecular flexibility index (Phi) is 6.44. The number of hydrogen-bond donors (Lipinski definition) is 2. The number of halogens is 3. The average molecular weight is 308 g/mol. The van der Waals surface area contributed by atoms with Crippen molar-refractivity contribution in [2.75, 3.05) is 18.5 Å². The molecule has 0 saturated carbocycles. The van der Waals surface area contributed by atoms with Crippen LogP contribution in [-0.2, 0) is 0 Å². The standard InChI is InChI=1S/C12H16BrF2NO/c13-9-7-11(15)12(8-10(9)14)16-5-3-1-2-4-6-17/h7-8,16-17H,1-6H2. The van der Waals surface area contributed by atoms with Crippen LogP contribution in [0.2, 0.25) is 0 Å². The van der Waals surface area contributed by atoms with Crippen LogP contribution in [0.25, 0.3) is 0 Å². The van der Waals surface area contributed by atoms with E-state index >= 15 is 0 Å². The third-order valence-electron chi connectivity index (χ3n) is 2.41. The highest BCUT2D eigenvalue weighted by Crippen LogP contribution is 2.23. The van der Waals surface area contributed by atoms with Crippen molar-refractivity contribution in [1.82, 2.24) is 0 Å². The SMILES string of the molecule is OCCCCCCNc1cc(F)c(Br)cc1F. The van der Waals surface area contributed by atoms with Crippen molar-refractivity contribution in [1.29, 1.82) is 0 Å². The molecule has 0 bridgehead atoms. The average Bonchev–Trinajstić information content (AvgIpc) is 2.30. The molecule has 0 radical (unpaired) electrons. The topological polar surface area (TPSA) is 32.3 Å². The number of aliphatic hydroxyl groups excluding tert-OH is 1. The Balaban J connectivity index is 2.34. The Morgan fingerprint density at radius 2 is 1.76 bits per heavy atom. The first-order valence-corrected chi connectivity index (χ1v) is 6.43. The molecule has 0 spiro atoms. The van der Waals surface area contributed by atoms with E-state index in [0.29, 0.717) is 6.54 Å². The summed E-state index contributed by atoms with van der Waals surface area (Å²) in [4.78, 5) is 0. The molecule has 0 aliphatic carbocycles. The summed E-state index contributed by atoms with van der Waals surface area (Å²) >= 11 is 2.92. The second-order valence-corrected chi connectivity index (χ2v) is 4.67. The van der Waals surface area contributed by atoms with E-state index in [1.165, 1.54) is 0 Å². The minimum Gasteiger partial charge on any atom is -0.396 e. The molecule has 0 aliphatic heterocycles. The van der Waals surface area contributed by atoms with Crippen molar-refractivity contribution < 1.29 is 13.9 Å². The summed E-state index contributed by atoms with van der Waals surface area (Å²) < 4.78 is 26.7. The Morgan fingerprint density at radius 1 is 1.06 bits per heavy atom. The molecule has 2 nitrogen and oxygen atoms in total. The normalized spacial score (nSPS) is 10.6. The first-order chi connectivity index (χ1) is 8.15. The number of unbranched alkanes of at least 4 members (excludes halogenated alkanes) is 3. The lowest BCUT2D eigenvalue weighted by molar-refractivity contribution is 0.283. The van der Waals surface area contributed by atoms with Crippen molar-refractivity contribution in [3.63, 3.8) is 0 Å². The molecule has 0 saturated heterocycles. The highest BCUT2D eigenvalue weighted by molar-refractivity contribution is 9.10. The van der Waals surface area contributed by atoms with E-state index in [9.17, 15) is 8.78 Å². The molecule has 1 rings (SSSR count). The molecule has 0 aromatic heterocycles. The molecule has 5 heteroatoms. The number of nitrogens with one attached hydrogen (secondary N) is 1. The first-order valence-electron chi connectivity index (χ1n) is 5.64. The van der Waals surface area contributed by atoms with Crippen LogP contribution in [-0.4, -0.2) is 18.3 Å².